The van der Waals surface area contributed by atoms with Crippen LogP contribution in [0.2, 0.25) is 0 Å². The SMILES string of the molecule is CO[C@]12C[C@@H](CO)C[N+](C)([O-])[C@@H]1Cc1cn(C)c3cccc2c13. The van der Waals surface area contributed by atoms with Crippen molar-refractivity contribution in [3.8, 4) is 0 Å². The van der Waals surface area contributed by atoms with Gasteiger partial charge in [0.15, 0.2) is 0 Å². The van der Waals surface area contributed by atoms with Crippen LogP contribution in [0.1, 0.15) is 17.5 Å². The van der Waals surface area contributed by atoms with Crippen LogP contribution < -0.4 is 0 Å². The number of methoxy groups -OCH3 is 1. The number of benzene rings is 1. The number of nitrogens with zero attached hydrogens (tertiary/aromatic N) is 2. The normalized spacial score (nSPS) is 36.2. The first-order valence-electron chi connectivity index (χ1n) is 8.22. The van der Waals surface area contributed by atoms with Gasteiger partial charge in [-0.1, -0.05) is 12.1 Å². The Hall–Kier alpha value is -1.40. The zero-order chi connectivity index (χ0) is 16.4. The molecule has 23 heavy (non-hydrogen) atoms. The maximum Gasteiger partial charge on any atom is 0.146 e. The molecule has 4 atom stereocenters. The third-order valence-corrected chi connectivity index (χ3v) is 5.99. The van der Waals surface area contributed by atoms with E-state index in [1.807, 2.05) is 13.1 Å². The minimum absolute atomic E-state index is 0.0331. The van der Waals surface area contributed by atoms with Crippen molar-refractivity contribution in [2.24, 2.45) is 13.0 Å². The van der Waals surface area contributed by atoms with Crippen LogP contribution in [0, 0.1) is 11.1 Å². The Morgan fingerprint density at radius 1 is 1.48 bits per heavy atom. The molecule has 1 N–H and O–H groups in total. The fourth-order valence-electron chi connectivity index (χ4n) is 5.06. The average Bonchev–Trinajstić information content (AvgIpc) is 2.85. The molecule has 1 fully saturated rings. The van der Waals surface area contributed by atoms with Crippen LogP contribution in [0.5, 0.6) is 0 Å². The summed E-state index contributed by atoms with van der Waals surface area (Å²) < 4.78 is 7.85. The van der Waals surface area contributed by atoms with E-state index in [1.165, 1.54) is 16.5 Å². The number of aryl methyl sites for hydroxylation is 1. The number of likely N-dealkylation sites (N-methyl/N-ethyl adjacent to an activating group) is 1. The highest BCUT2D eigenvalue weighted by Gasteiger charge is 2.56. The van der Waals surface area contributed by atoms with Crippen molar-refractivity contribution in [2.45, 2.75) is 24.5 Å². The number of hydrogen-bond acceptors (Lipinski definition) is 3. The lowest BCUT2D eigenvalue weighted by atomic mass is 9.68. The predicted molar refractivity (Wildman–Crippen MR) is 88.7 cm³/mol. The van der Waals surface area contributed by atoms with Gasteiger partial charge in [-0.05, 0) is 23.6 Å². The molecule has 2 heterocycles. The van der Waals surface area contributed by atoms with E-state index >= 15 is 0 Å². The Labute approximate surface area is 136 Å². The molecule has 0 saturated carbocycles. The van der Waals surface area contributed by atoms with E-state index < -0.39 is 5.60 Å². The quantitative estimate of drug-likeness (QED) is 0.680. The second-order valence-corrected chi connectivity index (χ2v) is 7.39. The number of quaternary nitrogens is 1. The van der Waals surface area contributed by atoms with Gasteiger partial charge in [0.1, 0.15) is 11.6 Å². The van der Waals surface area contributed by atoms with Gasteiger partial charge < -0.3 is 24.3 Å². The number of aliphatic hydroxyl groups excluding tert-OH is 1. The molecule has 0 amide bonds. The van der Waals surface area contributed by atoms with E-state index in [0.29, 0.717) is 13.0 Å². The number of rotatable bonds is 2. The molecule has 1 aliphatic carbocycles. The number of aromatic nitrogens is 1. The topological polar surface area (TPSA) is 57.4 Å². The Bertz CT molecular complexity index is 767. The van der Waals surface area contributed by atoms with Gasteiger partial charge in [-0.2, -0.15) is 0 Å². The number of hydrogen-bond donors (Lipinski definition) is 1. The third-order valence-electron chi connectivity index (χ3n) is 5.99. The molecule has 2 aliphatic rings. The van der Waals surface area contributed by atoms with Crippen molar-refractivity contribution in [1.29, 1.82) is 0 Å². The molecule has 5 heteroatoms. The number of ether oxygens (including phenoxy) is 1. The molecule has 1 aromatic carbocycles. The summed E-state index contributed by atoms with van der Waals surface area (Å²) >= 11 is 0. The molecular formula is C18H24N2O3. The van der Waals surface area contributed by atoms with Gasteiger partial charge in [-0.15, -0.1) is 0 Å². The first kappa shape index (κ1) is 15.1. The Morgan fingerprint density at radius 2 is 2.26 bits per heavy atom. The van der Waals surface area contributed by atoms with Gasteiger partial charge >= 0.3 is 0 Å². The average molecular weight is 316 g/mol. The van der Waals surface area contributed by atoms with Crippen molar-refractivity contribution in [3.63, 3.8) is 0 Å². The summed E-state index contributed by atoms with van der Waals surface area (Å²) in [6, 6.07) is 6.09. The van der Waals surface area contributed by atoms with Crippen molar-refractivity contribution in [2.75, 3.05) is 27.3 Å². The van der Waals surface area contributed by atoms with Crippen LogP contribution >= 0.6 is 0 Å². The molecule has 124 valence electrons. The Kier molecular flexibility index (Phi) is 3.16. The number of aliphatic hydroxyl groups is 1. The molecule has 1 unspecified atom stereocenters. The van der Waals surface area contributed by atoms with Crippen LogP contribution in [0.3, 0.4) is 0 Å². The van der Waals surface area contributed by atoms with Gasteiger partial charge in [0, 0.05) is 43.6 Å². The maximum absolute atomic E-state index is 13.3. The maximum atomic E-state index is 13.3. The van der Waals surface area contributed by atoms with Crippen LogP contribution in [0.4, 0.5) is 0 Å². The van der Waals surface area contributed by atoms with E-state index in [0.717, 1.165) is 12.0 Å². The fourth-order valence-corrected chi connectivity index (χ4v) is 5.06. The molecule has 4 rings (SSSR count). The molecule has 5 nitrogen and oxygen atoms in total. The van der Waals surface area contributed by atoms with Gasteiger partial charge in [0.2, 0.25) is 0 Å². The molecule has 1 aromatic heterocycles. The highest BCUT2D eigenvalue weighted by atomic mass is 16.6. The van der Waals surface area contributed by atoms with Crippen molar-refractivity contribution < 1.29 is 14.5 Å². The number of likely N-dealkylation sites (tertiary alicyclic amines) is 1. The fraction of sp³-hybridized carbons (Fsp3) is 0.556. The largest absolute Gasteiger partial charge is 0.633 e. The third kappa shape index (κ3) is 1.88. The Balaban J connectivity index is 2.01. The summed E-state index contributed by atoms with van der Waals surface area (Å²) in [6.07, 6.45) is 3.57. The summed E-state index contributed by atoms with van der Waals surface area (Å²) in [7, 11) is 5.49. The predicted octanol–water partition coefficient (Wildman–Crippen LogP) is 1.90. The molecule has 1 saturated heterocycles. The van der Waals surface area contributed by atoms with Gasteiger partial charge in [-0.25, -0.2) is 0 Å². The monoisotopic (exact) mass is 316 g/mol. The zero-order valence-corrected chi connectivity index (χ0v) is 14.0. The molecular weight excluding hydrogens is 292 g/mol. The highest BCUT2D eigenvalue weighted by molar-refractivity contribution is 5.89. The number of fused-ring (bicyclic) bond motifs is 2. The zero-order valence-electron chi connectivity index (χ0n) is 14.0. The lowest BCUT2D eigenvalue weighted by Gasteiger charge is -2.59. The van der Waals surface area contributed by atoms with E-state index in [9.17, 15) is 10.3 Å². The summed E-state index contributed by atoms with van der Waals surface area (Å²) in [6.45, 7) is 0.482. The van der Waals surface area contributed by atoms with Crippen LogP contribution in [-0.4, -0.2) is 47.7 Å². The van der Waals surface area contributed by atoms with Crippen LogP contribution in [0.15, 0.2) is 24.4 Å². The number of piperidine rings is 1. The highest BCUT2D eigenvalue weighted by Crippen LogP contribution is 2.51. The van der Waals surface area contributed by atoms with Crippen molar-refractivity contribution in [3.05, 3.63) is 40.7 Å². The minimum atomic E-state index is -0.615. The lowest BCUT2D eigenvalue weighted by molar-refractivity contribution is -0.906. The Morgan fingerprint density at radius 3 is 2.96 bits per heavy atom. The first-order valence-corrected chi connectivity index (χ1v) is 8.22. The molecule has 0 spiro atoms. The molecule has 2 aromatic rings. The smallest absolute Gasteiger partial charge is 0.146 e. The summed E-state index contributed by atoms with van der Waals surface area (Å²) in [5, 5.41) is 24.2. The van der Waals surface area contributed by atoms with Crippen LogP contribution in [-0.2, 0) is 23.8 Å². The molecule has 0 radical (unpaired) electrons. The summed E-state index contributed by atoms with van der Waals surface area (Å²) in [5.41, 5.74) is 2.91. The lowest BCUT2D eigenvalue weighted by Crippen LogP contribution is -2.67. The molecule has 0 bridgehead atoms. The standard InChI is InChI=1S/C18H24N2O3/c1-19-9-13-7-16-18(23-3,8-12(11-21)10-20(16,2)22)14-5-4-6-15(19)17(13)14/h4-6,9,12,16,21H,7-8,10-11H2,1-3H3/t12-,16-,18+,20?/m1/s1. The van der Waals surface area contributed by atoms with E-state index in [-0.39, 0.29) is 23.2 Å². The van der Waals surface area contributed by atoms with Crippen molar-refractivity contribution in [1.82, 2.24) is 4.57 Å². The molecule has 1 aliphatic heterocycles. The van der Waals surface area contributed by atoms with Crippen molar-refractivity contribution >= 4 is 10.9 Å². The second kappa shape index (κ2) is 4.80. The van der Waals surface area contributed by atoms with Crippen LogP contribution in [0.25, 0.3) is 10.9 Å². The summed E-state index contributed by atoms with van der Waals surface area (Å²) in [4.78, 5) is 0. The van der Waals surface area contributed by atoms with E-state index in [1.54, 1.807) is 14.2 Å². The van der Waals surface area contributed by atoms with E-state index in [4.69, 9.17) is 4.74 Å². The first-order chi connectivity index (χ1) is 10.9. The minimum Gasteiger partial charge on any atom is -0.633 e. The summed E-state index contributed by atoms with van der Waals surface area (Å²) in [5.74, 6) is -0.0331. The van der Waals surface area contributed by atoms with E-state index in [2.05, 4.69) is 22.9 Å². The van der Waals surface area contributed by atoms with Gasteiger partial charge in [0.05, 0.1) is 20.2 Å². The van der Waals surface area contributed by atoms with Gasteiger partial charge in [-0.3, -0.25) is 0 Å². The number of hydroxylamine groups is 3. The second-order valence-electron chi connectivity index (χ2n) is 7.39. The van der Waals surface area contributed by atoms with Gasteiger partial charge in [0.25, 0.3) is 0 Å².